The normalized spacial score (nSPS) is 16.1. The van der Waals surface area contributed by atoms with Gasteiger partial charge in [0.15, 0.2) is 0 Å². The molecule has 2 aromatic rings. The molecule has 0 aromatic heterocycles. The topological polar surface area (TPSA) is 24.7 Å². The molecule has 0 spiro atoms. The van der Waals surface area contributed by atoms with Gasteiger partial charge in [-0.3, -0.25) is 0 Å². The largest absolute Gasteiger partial charge is 0.239 e. The van der Waals surface area contributed by atoms with E-state index >= 15 is 0 Å². The van der Waals surface area contributed by atoms with E-state index < -0.39 is 4.99 Å². The highest BCUT2D eigenvalue weighted by Crippen LogP contribution is 2.31. The van der Waals surface area contributed by atoms with Crippen molar-refractivity contribution in [3.63, 3.8) is 0 Å². The van der Waals surface area contributed by atoms with Crippen LogP contribution in [0.25, 0.3) is 0 Å². The van der Waals surface area contributed by atoms with Crippen LogP contribution in [0.3, 0.4) is 0 Å². The van der Waals surface area contributed by atoms with Gasteiger partial charge in [-0.05, 0) is 12.1 Å². The summed E-state index contributed by atoms with van der Waals surface area (Å²) in [7, 11) is 0. The lowest BCUT2D eigenvalue weighted by atomic mass is 10.2. The predicted molar refractivity (Wildman–Crippen MR) is 65.9 cm³/mol. The van der Waals surface area contributed by atoms with E-state index in [0.29, 0.717) is 0 Å². The number of nitrogens with zero attached hydrogens (tertiary/aromatic N) is 2. The highest BCUT2D eigenvalue weighted by Gasteiger charge is 2.28. The van der Waals surface area contributed by atoms with E-state index in [-0.39, 0.29) is 0 Å². The maximum Gasteiger partial charge on any atom is 0.221 e. The van der Waals surface area contributed by atoms with E-state index in [9.17, 15) is 0 Å². The molecule has 3 heteroatoms. The van der Waals surface area contributed by atoms with Gasteiger partial charge in [-0.1, -0.05) is 42.5 Å². The molecule has 0 saturated heterocycles. The van der Waals surface area contributed by atoms with Crippen molar-refractivity contribution < 1.29 is 0 Å². The molecule has 0 amide bonds. The first-order valence-electron chi connectivity index (χ1n) is 5.11. The molecule has 78 valence electrons. The summed E-state index contributed by atoms with van der Waals surface area (Å²) in [5.41, 5.74) is 0.995. The number of hydrogen-bond acceptors (Lipinski definition) is 3. The molecular formula is C13H10N2S. The van der Waals surface area contributed by atoms with Crippen LogP contribution in [0.4, 0.5) is 0 Å². The Morgan fingerprint density at radius 3 is 1.81 bits per heavy atom. The Balaban J connectivity index is 2.22. The van der Waals surface area contributed by atoms with Crippen LogP contribution in [0, 0.1) is 0 Å². The fourth-order valence-corrected chi connectivity index (χ4v) is 2.17. The van der Waals surface area contributed by atoms with Gasteiger partial charge in [-0.15, -0.1) is 12.6 Å². The van der Waals surface area contributed by atoms with Crippen molar-refractivity contribution in [1.29, 1.82) is 0 Å². The molecule has 2 aromatic carbocycles. The van der Waals surface area contributed by atoms with Gasteiger partial charge in [0.1, 0.15) is 0 Å². The van der Waals surface area contributed by atoms with Gasteiger partial charge in [0, 0.05) is 5.56 Å². The van der Waals surface area contributed by atoms with Gasteiger partial charge in [0.2, 0.25) is 4.99 Å². The SMILES string of the molecule is SC1(c2ccccc2)N=c2ccccc2=N1. The van der Waals surface area contributed by atoms with Crippen LogP contribution in [0.5, 0.6) is 0 Å². The summed E-state index contributed by atoms with van der Waals surface area (Å²) in [5.74, 6) is 0. The summed E-state index contributed by atoms with van der Waals surface area (Å²) in [6.07, 6.45) is 0. The van der Waals surface area contributed by atoms with Crippen LogP contribution in [0.1, 0.15) is 5.56 Å². The molecule has 0 bridgehead atoms. The summed E-state index contributed by atoms with van der Waals surface area (Å²) in [6, 6.07) is 17.7. The molecule has 0 unspecified atom stereocenters. The van der Waals surface area contributed by atoms with E-state index in [1.807, 2.05) is 54.6 Å². The first-order chi connectivity index (χ1) is 7.78. The molecule has 0 atom stereocenters. The first-order valence-corrected chi connectivity index (χ1v) is 5.55. The fourth-order valence-electron chi connectivity index (χ4n) is 1.81. The van der Waals surface area contributed by atoms with Crippen LogP contribution in [0.15, 0.2) is 64.6 Å². The number of thiol groups is 1. The lowest BCUT2D eigenvalue weighted by Crippen LogP contribution is -2.19. The Labute approximate surface area is 98.8 Å². The highest BCUT2D eigenvalue weighted by molar-refractivity contribution is 7.81. The maximum absolute atomic E-state index is 4.58. The van der Waals surface area contributed by atoms with Gasteiger partial charge in [0.25, 0.3) is 0 Å². The average Bonchev–Trinajstić information content (AvgIpc) is 2.68. The Kier molecular flexibility index (Phi) is 2.07. The van der Waals surface area contributed by atoms with E-state index in [1.54, 1.807) is 0 Å². The minimum atomic E-state index is -0.759. The van der Waals surface area contributed by atoms with E-state index in [0.717, 1.165) is 16.3 Å². The van der Waals surface area contributed by atoms with Crippen molar-refractivity contribution in [1.82, 2.24) is 0 Å². The van der Waals surface area contributed by atoms with Crippen LogP contribution < -0.4 is 10.7 Å². The van der Waals surface area contributed by atoms with E-state index in [2.05, 4.69) is 22.6 Å². The monoisotopic (exact) mass is 226 g/mol. The number of hydrogen-bond donors (Lipinski definition) is 1. The molecule has 0 fully saturated rings. The number of para-hydroxylation sites is 2. The van der Waals surface area contributed by atoms with Crippen LogP contribution in [0.2, 0.25) is 0 Å². The van der Waals surface area contributed by atoms with Crippen molar-refractivity contribution in [2.24, 2.45) is 9.98 Å². The van der Waals surface area contributed by atoms with E-state index in [4.69, 9.17) is 0 Å². The van der Waals surface area contributed by atoms with Gasteiger partial charge < -0.3 is 0 Å². The van der Waals surface area contributed by atoms with Crippen LogP contribution in [-0.2, 0) is 4.99 Å². The highest BCUT2D eigenvalue weighted by atomic mass is 32.1. The average molecular weight is 226 g/mol. The third kappa shape index (κ3) is 1.44. The third-order valence-corrected chi connectivity index (χ3v) is 3.05. The predicted octanol–water partition coefficient (Wildman–Crippen LogP) is 1.68. The van der Waals surface area contributed by atoms with Gasteiger partial charge in [0.05, 0.1) is 10.7 Å². The Morgan fingerprint density at radius 1 is 0.750 bits per heavy atom. The summed E-state index contributed by atoms with van der Waals surface area (Å²) >= 11 is 4.58. The Morgan fingerprint density at radius 2 is 1.25 bits per heavy atom. The molecule has 2 nitrogen and oxygen atoms in total. The molecule has 0 N–H and O–H groups in total. The fraction of sp³-hybridized carbons (Fsp3) is 0.0769. The summed E-state index contributed by atoms with van der Waals surface area (Å²) in [5, 5.41) is 1.81. The smallest absolute Gasteiger partial charge is 0.221 e. The molecule has 16 heavy (non-hydrogen) atoms. The number of fused-ring (bicyclic) bond motifs is 1. The second-order valence-electron chi connectivity index (χ2n) is 3.71. The molecule has 0 aliphatic carbocycles. The second-order valence-corrected chi connectivity index (χ2v) is 4.34. The minimum Gasteiger partial charge on any atom is -0.239 e. The van der Waals surface area contributed by atoms with Crippen LogP contribution >= 0.6 is 12.6 Å². The second kappa shape index (κ2) is 3.46. The molecule has 3 rings (SSSR count). The maximum atomic E-state index is 4.58. The Hall–Kier alpha value is -1.61. The standard InChI is InChI=1S/C13H10N2S/c16-13(10-6-2-1-3-7-10)14-11-8-4-5-9-12(11)15-13/h1-9,16H. The molecule has 1 aliphatic rings. The molecule has 0 saturated carbocycles. The summed E-state index contributed by atoms with van der Waals surface area (Å²) in [6.45, 7) is 0. The number of rotatable bonds is 1. The quantitative estimate of drug-likeness (QED) is 0.716. The lowest BCUT2D eigenvalue weighted by Gasteiger charge is -2.16. The van der Waals surface area contributed by atoms with Crippen molar-refractivity contribution in [3.8, 4) is 0 Å². The summed E-state index contributed by atoms with van der Waals surface area (Å²) < 4.78 is 0. The summed E-state index contributed by atoms with van der Waals surface area (Å²) in [4.78, 5) is 8.34. The zero-order chi connectivity index (χ0) is 11.0. The lowest BCUT2D eigenvalue weighted by molar-refractivity contribution is 0.702. The van der Waals surface area contributed by atoms with E-state index in [1.165, 1.54) is 0 Å². The third-order valence-electron chi connectivity index (χ3n) is 2.60. The molecule has 1 aliphatic heterocycles. The van der Waals surface area contributed by atoms with Crippen molar-refractivity contribution in [3.05, 3.63) is 70.9 Å². The zero-order valence-corrected chi connectivity index (χ0v) is 9.43. The molecule has 0 radical (unpaired) electrons. The Bertz CT molecular complexity index is 599. The number of benzene rings is 2. The van der Waals surface area contributed by atoms with Crippen molar-refractivity contribution in [2.45, 2.75) is 4.99 Å². The molecule has 1 heterocycles. The molecular weight excluding hydrogens is 216 g/mol. The van der Waals surface area contributed by atoms with Crippen LogP contribution in [-0.4, -0.2) is 0 Å². The first kappa shape index (κ1) is 9.60. The zero-order valence-electron chi connectivity index (χ0n) is 8.54. The van der Waals surface area contributed by atoms with Crippen molar-refractivity contribution >= 4 is 12.6 Å². The van der Waals surface area contributed by atoms with Gasteiger partial charge in [-0.25, -0.2) is 9.98 Å². The van der Waals surface area contributed by atoms with Crippen molar-refractivity contribution in [2.75, 3.05) is 0 Å². The minimum absolute atomic E-state index is 0.759. The van der Waals surface area contributed by atoms with Gasteiger partial charge >= 0.3 is 0 Å². The van der Waals surface area contributed by atoms with Gasteiger partial charge in [-0.2, -0.15) is 0 Å².